The molecule has 1 aromatic heterocycles. The third-order valence-electron chi connectivity index (χ3n) is 1.05. The number of aromatic carboxylic acids is 1. The minimum atomic E-state index is -0.997. The smallest absolute Gasteiger partial charge is 0.353 e. The number of nitrogens with one attached hydrogen (secondary N) is 1. The van der Waals surface area contributed by atoms with Gasteiger partial charge in [-0.3, -0.25) is 0 Å². The largest absolute Gasteiger partial charge is 0.477 e. The van der Waals surface area contributed by atoms with Gasteiger partial charge in [-0.1, -0.05) is 13.8 Å². The molecule has 0 radical (unpaired) electrons. The predicted molar refractivity (Wildman–Crippen MR) is 62.2 cm³/mol. The van der Waals surface area contributed by atoms with Crippen molar-refractivity contribution >= 4 is 53.8 Å². The van der Waals surface area contributed by atoms with E-state index in [2.05, 4.69) is 52.8 Å². The van der Waals surface area contributed by atoms with E-state index in [4.69, 9.17) is 5.11 Å². The molecule has 0 spiro atoms. The van der Waals surface area contributed by atoms with E-state index < -0.39 is 5.97 Å². The summed E-state index contributed by atoms with van der Waals surface area (Å²) in [6.07, 6.45) is 0. The van der Waals surface area contributed by atoms with Crippen molar-refractivity contribution in [3.63, 3.8) is 0 Å². The van der Waals surface area contributed by atoms with E-state index in [0.29, 0.717) is 13.5 Å². The summed E-state index contributed by atoms with van der Waals surface area (Å²) in [4.78, 5) is 13.1. The van der Waals surface area contributed by atoms with Crippen LogP contribution in [0.2, 0.25) is 0 Å². The number of hydrogen-bond acceptors (Lipinski definition) is 1. The molecule has 0 fully saturated rings. The fraction of sp³-hybridized carbons (Fsp3) is 0.286. The molecule has 0 aliphatic rings. The molecule has 1 aromatic rings. The van der Waals surface area contributed by atoms with Gasteiger partial charge in [0.05, 0.1) is 13.5 Å². The van der Waals surface area contributed by atoms with Crippen LogP contribution in [0, 0.1) is 0 Å². The van der Waals surface area contributed by atoms with Gasteiger partial charge in [-0.05, 0) is 47.8 Å². The number of halogens is 3. The third kappa shape index (κ3) is 3.11. The molecule has 6 heteroatoms. The lowest BCUT2D eigenvalue weighted by atomic mass is 10.4. The van der Waals surface area contributed by atoms with Gasteiger partial charge in [-0.15, -0.1) is 0 Å². The average Bonchev–Trinajstić information content (AvgIpc) is 2.36. The zero-order chi connectivity index (χ0) is 10.6. The molecule has 0 amide bonds. The Kier molecular flexibility index (Phi) is 5.91. The Hall–Kier alpha value is 0.190. The van der Waals surface area contributed by atoms with Crippen molar-refractivity contribution in [2.24, 2.45) is 0 Å². The summed E-state index contributed by atoms with van der Waals surface area (Å²) >= 11 is 9.43. The zero-order valence-electron chi connectivity index (χ0n) is 6.99. The number of aromatic amines is 1. The molecule has 0 atom stereocenters. The molecule has 1 rings (SSSR count). The van der Waals surface area contributed by atoms with Crippen molar-refractivity contribution in [3.05, 3.63) is 19.2 Å². The van der Waals surface area contributed by atoms with Crippen molar-refractivity contribution in [3.8, 4) is 0 Å². The Morgan fingerprint density at radius 3 is 1.85 bits per heavy atom. The molecule has 1 heterocycles. The highest BCUT2D eigenvalue weighted by molar-refractivity contribution is 9.14. The Morgan fingerprint density at radius 2 is 1.69 bits per heavy atom. The molecule has 3 nitrogen and oxygen atoms in total. The van der Waals surface area contributed by atoms with E-state index in [1.54, 1.807) is 0 Å². The monoisotopic (exact) mass is 375 g/mol. The standard InChI is InChI=1S/C5H2Br3NO2.C2H6/c6-1-2(7)4(8)9-3(1)5(10)11;1-2/h9H,(H,10,11);1-2H3. The SMILES string of the molecule is CC.O=C(O)c1[nH]c(Br)c(Br)c1Br. The Labute approximate surface area is 101 Å². The van der Waals surface area contributed by atoms with Gasteiger partial charge in [0.2, 0.25) is 0 Å². The van der Waals surface area contributed by atoms with Crippen LogP contribution in [0.4, 0.5) is 0 Å². The van der Waals surface area contributed by atoms with Crippen molar-refractivity contribution < 1.29 is 9.90 Å². The Balaban J connectivity index is 0.000000671. The predicted octanol–water partition coefficient (Wildman–Crippen LogP) is 4.03. The molecule has 0 unspecified atom stereocenters. The molecule has 0 saturated carbocycles. The fourth-order valence-corrected chi connectivity index (χ4v) is 2.00. The first kappa shape index (κ1) is 13.2. The van der Waals surface area contributed by atoms with Crippen LogP contribution in [0.15, 0.2) is 13.5 Å². The summed E-state index contributed by atoms with van der Waals surface area (Å²) in [7, 11) is 0. The van der Waals surface area contributed by atoms with Crippen molar-refractivity contribution in [1.29, 1.82) is 0 Å². The van der Waals surface area contributed by atoms with E-state index in [1.165, 1.54) is 0 Å². The highest BCUT2D eigenvalue weighted by Crippen LogP contribution is 2.33. The lowest BCUT2D eigenvalue weighted by Crippen LogP contribution is -1.96. The highest BCUT2D eigenvalue weighted by atomic mass is 79.9. The Bertz CT molecular complexity index is 309. The minimum Gasteiger partial charge on any atom is -0.477 e. The van der Waals surface area contributed by atoms with E-state index in [1.807, 2.05) is 13.8 Å². The fourth-order valence-electron chi connectivity index (χ4n) is 0.573. The lowest BCUT2D eigenvalue weighted by molar-refractivity contribution is 0.0690. The van der Waals surface area contributed by atoms with Crippen LogP contribution < -0.4 is 0 Å². The normalized spacial score (nSPS) is 9.00. The molecule has 0 saturated heterocycles. The first-order chi connectivity index (χ1) is 6.04. The van der Waals surface area contributed by atoms with Gasteiger partial charge in [-0.25, -0.2) is 4.79 Å². The second-order valence-electron chi connectivity index (χ2n) is 1.75. The molecule has 74 valence electrons. The maximum atomic E-state index is 10.5. The summed E-state index contributed by atoms with van der Waals surface area (Å²) in [6.45, 7) is 4.00. The molecule has 0 bridgehead atoms. The number of H-pyrrole nitrogens is 1. The molecule has 0 aliphatic carbocycles. The van der Waals surface area contributed by atoms with Gasteiger partial charge in [0.15, 0.2) is 0 Å². The number of hydrogen-bond donors (Lipinski definition) is 2. The number of carbonyl (C=O) groups is 1. The summed E-state index contributed by atoms with van der Waals surface area (Å²) in [6, 6.07) is 0. The average molecular weight is 378 g/mol. The molecule has 2 N–H and O–H groups in total. The van der Waals surface area contributed by atoms with Crippen LogP contribution in [-0.4, -0.2) is 16.1 Å². The van der Waals surface area contributed by atoms with Gasteiger partial charge in [0, 0.05) is 0 Å². The van der Waals surface area contributed by atoms with Gasteiger partial charge < -0.3 is 10.1 Å². The van der Waals surface area contributed by atoms with Gasteiger partial charge in [0.1, 0.15) is 5.69 Å². The number of aromatic nitrogens is 1. The number of rotatable bonds is 1. The summed E-state index contributed by atoms with van der Waals surface area (Å²) < 4.78 is 1.80. The van der Waals surface area contributed by atoms with E-state index >= 15 is 0 Å². The van der Waals surface area contributed by atoms with Crippen molar-refractivity contribution in [1.82, 2.24) is 4.98 Å². The second kappa shape index (κ2) is 5.82. The second-order valence-corrected chi connectivity index (χ2v) is 4.13. The van der Waals surface area contributed by atoms with Crippen LogP contribution >= 0.6 is 47.8 Å². The van der Waals surface area contributed by atoms with Gasteiger partial charge >= 0.3 is 5.97 Å². The third-order valence-corrected chi connectivity index (χ3v) is 4.30. The van der Waals surface area contributed by atoms with Crippen molar-refractivity contribution in [2.75, 3.05) is 0 Å². The molecule has 0 aromatic carbocycles. The molecule has 0 aliphatic heterocycles. The maximum absolute atomic E-state index is 10.5. The number of carboxylic acids is 1. The Morgan fingerprint density at radius 1 is 1.23 bits per heavy atom. The van der Waals surface area contributed by atoms with Gasteiger partial charge in [-0.2, -0.15) is 0 Å². The minimum absolute atomic E-state index is 0.128. The van der Waals surface area contributed by atoms with Crippen LogP contribution in [0.1, 0.15) is 24.3 Å². The highest BCUT2D eigenvalue weighted by Gasteiger charge is 2.16. The van der Waals surface area contributed by atoms with Gasteiger partial charge in [0.25, 0.3) is 0 Å². The molecular weight excluding hydrogens is 370 g/mol. The van der Waals surface area contributed by atoms with Crippen molar-refractivity contribution in [2.45, 2.75) is 13.8 Å². The number of carboxylic acid groups (broad SMARTS) is 1. The summed E-state index contributed by atoms with van der Waals surface area (Å²) in [5.74, 6) is -0.997. The quantitative estimate of drug-likeness (QED) is 0.776. The first-order valence-electron chi connectivity index (χ1n) is 3.49. The molecule has 13 heavy (non-hydrogen) atoms. The van der Waals surface area contributed by atoms with Crippen LogP contribution in [-0.2, 0) is 0 Å². The topological polar surface area (TPSA) is 53.1 Å². The molecular formula is C7H8Br3NO2. The van der Waals surface area contributed by atoms with Crippen LogP contribution in [0.5, 0.6) is 0 Å². The zero-order valence-corrected chi connectivity index (χ0v) is 11.7. The van der Waals surface area contributed by atoms with E-state index in [9.17, 15) is 4.79 Å². The summed E-state index contributed by atoms with van der Waals surface area (Å²) in [5.41, 5.74) is 0.128. The van der Waals surface area contributed by atoms with Crippen LogP contribution in [0.3, 0.4) is 0 Å². The first-order valence-corrected chi connectivity index (χ1v) is 5.87. The lowest BCUT2D eigenvalue weighted by Gasteiger charge is -1.87. The van der Waals surface area contributed by atoms with E-state index in [-0.39, 0.29) is 5.69 Å². The summed E-state index contributed by atoms with van der Waals surface area (Å²) in [5, 5.41) is 8.60. The van der Waals surface area contributed by atoms with Crippen LogP contribution in [0.25, 0.3) is 0 Å². The van der Waals surface area contributed by atoms with E-state index in [0.717, 1.165) is 0 Å². The maximum Gasteiger partial charge on any atom is 0.353 e.